The Morgan fingerprint density at radius 1 is 0.955 bits per heavy atom. The van der Waals surface area contributed by atoms with Crippen molar-refractivity contribution in [3.63, 3.8) is 0 Å². The molecule has 0 aromatic heterocycles. The number of nitrogens with zero attached hydrogens (tertiary/aromatic N) is 3. The molecule has 13 heteroatoms. The van der Waals surface area contributed by atoms with E-state index in [0.717, 1.165) is 17.7 Å². The number of hydrogen-bond donors (Lipinski definition) is 1. The van der Waals surface area contributed by atoms with Gasteiger partial charge in [0.25, 0.3) is 0 Å². The topological polar surface area (TPSA) is 64.1 Å². The molecule has 1 saturated carbocycles. The standard InChI is InChI=1S/C31H36F7N3O3/c1-18-12-25(32)8-9-26(18)27-17-40(16-20-4-6-21(7-5-20)28(42)43)10-11-41(27)29(44)39(3)19(2)22-13-23(30(33,34)35)15-24(14-22)31(36,37)38/h8-9,12-15,19-21,27H,4-7,10-11,16-17H2,1-3H3,(H,42,43)/t19-,20-,21+,27-/m1/s1. The summed E-state index contributed by atoms with van der Waals surface area (Å²) in [7, 11) is 1.34. The lowest BCUT2D eigenvalue weighted by Gasteiger charge is -2.45. The van der Waals surface area contributed by atoms with E-state index in [1.165, 1.54) is 31.0 Å². The summed E-state index contributed by atoms with van der Waals surface area (Å²) in [6.45, 7) is 4.82. The molecule has 2 aliphatic rings. The summed E-state index contributed by atoms with van der Waals surface area (Å²) in [5.41, 5.74) is -1.95. The van der Waals surface area contributed by atoms with Crippen LogP contribution in [0.25, 0.3) is 0 Å². The number of aliphatic carboxylic acids is 1. The zero-order valence-corrected chi connectivity index (χ0v) is 24.7. The van der Waals surface area contributed by atoms with Gasteiger partial charge in [-0.25, -0.2) is 9.18 Å². The maximum atomic E-state index is 14.0. The second kappa shape index (κ2) is 12.9. The number of rotatable bonds is 6. The number of alkyl halides is 6. The largest absolute Gasteiger partial charge is 0.481 e. The Kier molecular flexibility index (Phi) is 9.87. The highest BCUT2D eigenvalue weighted by atomic mass is 19.4. The molecule has 0 radical (unpaired) electrons. The van der Waals surface area contributed by atoms with Crippen LogP contribution in [0.5, 0.6) is 0 Å². The Labute approximate surface area is 251 Å². The first-order chi connectivity index (χ1) is 20.5. The summed E-state index contributed by atoms with van der Waals surface area (Å²) in [4.78, 5) is 30.1. The number of hydrogen-bond acceptors (Lipinski definition) is 3. The van der Waals surface area contributed by atoms with Gasteiger partial charge in [-0.15, -0.1) is 0 Å². The van der Waals surface area contributed by atoms with Crippen LogP contribution in [-0.2, 0) is 17.1 Å². The lowest BCUT2D eigenvalue weighted by atomic mass is 9.81. The minimum Gasteiger partial charge on any atom is -0.481 e. The van der Waals surface area contributed by atoms with E-state index >= 15 is 0 Å². The predicted molar refractivity (Wildman–Crippen MR) is 148 cm³/mol. The van der Waals surface area contributed by atoms with E-state index in [1.807, 2.05) is 0 Å². The van der Waals surface area contributed by atoms with Gasteiger partial charge < -0.3 is 14.9 Å². The fourth-order valence-corrected chi connectivity index (χ4v) is 6.28. The number of carbonyl (C=O) groups is 2. The first-order valence-electron chi connectivity index (χ1n) is 14.5. The number of carboxylic acid groups (broad SMARTS) is 1. The van der Waals surface area contributed by atoms with Gasteiger partial charge in [-0.2, -0.15) is 26.3 Å². The second-order valence-corrected chi connectivity index (χ2v) is 11.9. The summed E-state index contributed by atoms with van der Waals surface area (Å²) in [5, 5.41) is 9.31. The van der Waals surface area contributed by atoms with Gasteiger partial charge in [-0.3, -0.25) is 9.69 Å². The second-order valence-electron chi connectivity index (χ2n) is 11.9. The number of aryl methyl sites for hydroxylation is 1. The van der Waals surface area contributed by atoms with Gasteiger partial charge in [0.2, 0.25) is 0 Å². The molecule has 44 heavy (non-hydrogen) atoms. The zero-order valence-electron chi connectivity index (χ0n) is 24.7. The Morgan fingerprint density at radius 3 is 2.07 bits per heavy atom. The van der Waals surface area contributed by atoms with Crippen LogP contribution in [0.2, 0.25) is 0 Å². The summed E-state index contributed by atoms with van der Waals surface area (Å²) >= 11 is 0. The van der Waals surface area contributed by atoms with Crippen molar-refractivity contribution in [3.8, 4) is 0 Å². The molecule has 2 fully saturated rings. The van der Waals surface area contributed by atoms with Gasteiger partial charge >= 0.3 is 24.4 Å². The third-order valence-corrected chi connectivity index (χ3v) is 8.99. The molecule has 4 rings (SSSR count). The van der Waals surface area contributed by atoms with Crippen LogP contribution in [0.1, 0.15) is 72.5 Å². The molecule has 0 unspecified atom stereocenters. The van der Waals surface area contributed by atoms with Crippen LogP contribution in [0.3, 0.4) is 0 Å². The minimum atomic E-state index is -5.02. The van der Waals surface area contributed by atoms with Crippen molar-refractivity contribution >= 4 is 12.0 Å². The molecule has 1 aliphatic heterocycles. The van der Waals surface area contributed by atoms with E-state index in [2.05, 4.69) is 4.90 Å². The number of halogens is 7. The Hall–Kier alpha value is -3.35. The number of piperazine rings is 1. The number of urea groups is 1. The number of amides is 2. The van der Waals surface area contributed by atoms with Gasteiger partial charge in [0.1, 0.15) is 5.82 Å². The van der Waals surface area contributed by atoms with Crippen LogP contribution < -0.4 is 0 Å². The van der Waals surface area contributed by atoms with Gasteiger partial charge in [-0.1, -0.05) is 6.07 Å². The lowest BCUT2D eigenvalue weighted by molar-refractivity contribution is -0.144. The molecule has 2 aromatic carbocycles. The smallest absolute Gasteiger partial charge is 0.416 e. The molecule has 242 valence electrons. The zero-order chi connectivity index (χ0) is 32.6. The number of carboxylic acids is 1. The quantitative estimate of drug-likeness (QED) is 0.335. The minimum absolute atomic E-state index is 0.0543. The summed E-state index contributed by atoms with van der Waals surface area (Å²) < 4.78 is 95.0. The molecule has 6 nitrogen and oxygen atoms in total. The van der Waals surface area contributed by atoms with Crippen LogP contribution in [0.15, 0.2) is 36.4 Å². The Balaban J connectivity index is 1.58. The summed E-state index contributed by atoms with van der Waals surface area (Å²) in [6.07, 6.45) is -7.35. The first-order valence-corrected chi connectivity index (χ1v) is 14.5. The van der Waals surface area contributed by atoms with Crippen molar-refractivity contribution in [2.75, 3.05) is 33.2 Å². The molecule has 2 amide bonds. The van der Waals surface area contributed by atoms with E-state index in [9.17, 15) is 45.4 Å². The third-order valence-electron chi connectivity index (χ3n) is 8.99. The van der Waals surface area contributed by atoms with Crippen molar-refractivity contribution in [2.45, 2.75) is 64.0 Å². The molecule has 2 aromatic rings. The van der Waals surface area contributed by atoms with E-state index in [4.69, 9.17) is 0 Å². The van der Waals surface area contributed by atoms with E-state index < -0.39 is 53.4 Å². The van der Waals surface area contributed by atoms with Gasteiger partial charge in [0, 0.05) is 33.2 Å². The van der Waals surface area contributed by atoms with Crippen LogP contribution in [0, 0.1) is 24.6 Å². The number of carbonyl (C=O) groups excluding carboxylic acids is 1. The molecule has 0 bridgehead atoms. The molecule has 1 saturated heterocycles. The highest BCUT2D eigenvalue weighted by molar-refractivity contribution is 5.75. The average Bonchev–Trinajstić information content (AvgIpc) is 2.95. The van der Waals surface area contributed by atoms with E-state index in [0.29, 0.717) is 55.7 Å². The monoisotopic (exact) mass is 631 g/mol. The maximum Gasteiger partial charge on any atom is 0.416 e. The molecule has 1 heterocycles. The summed E-state index contributed by atoms with van der Waals surface area (Å²) in [5.74, 6) is -1.32. The highest BCUT2D eigenvalue weighted by Crippen LogP contribution is 2.39. The molecular weight excluding hydrogens is 595 g/mol. The molecular formula is C31H36F7N3O3. The Morgan fingerprint density at radius 2 is 1.55 bits per heavy atom. The SMILES string of the molecule is Cc1cc(F)ccc1[C@H]1CN(C[C@H]2CC[C@@H](C(=O)O)CC2)CCN1C(=O)N(C)[C@H](C)c1cc(C(F)(F)F)cc(C(F)(F)F)c1. The lowest BCUT2D eigenvalue weighted by Crippen LogP contribution is -2.54. The normalized spacial score (nSPS) is 22.5. The van der Waals surface area contributed by atoms with E-state index in [1.54, 1.807) is 13.0 Å². The van der Waals surface area contributed by atoms with Crippen LogP contribution >= 0.6 is 0 Å². The molecule has 1 N–H and O–H groups in total. The van der Waals surface area contributed by atoms with Crippen LogP contribution in [0.4, 0.5) is 35.5 Å². The van der Waals surface area contributed by atoms with Crippen molar-refractivity contribution in [1.82, 2.24) is 14.7 Å². The van der Waals surface area contributed by atoms with Gasteiger partial charge in [0.05, 0.1) is 29.1 Å². The first kappa shape index (κ1) is 33.5. The highest BCUT2D eigenvalue weighted by Gasteiger charge is 2.40. The van der Waals surface area contributed by atoms with Crippen molar-refractivity contribution in [2.24, 2.45) is 11.8 Å². The van der Waals surface area contributed by atoms with Gasteiger partial charge in [-0.05, 0) is 92.5 Å². The van der Waals surface area contributed by atoms with Crippen molar-refractivity contribution in [3.05, 3.63) is 70.0 Å². The number of benzene rings is 2. The molecule has 2 atom stereocenters. The van der Waals surface area contributed by atoms with E-state index in [-0.39, 0.29) is 30.0 Å². The maximum absolute atomic E-state index is 14.0. The van der Waals surface area contributed by atoms with Crippen molar-refractivity contribution < 1.29 is 45.4 Å². The Bertz CT molecular complexity index is 1320. The molecule has 1 aliphatic carbocycles. The third kappa shape index (κ3) is 7.65. The van der Waals surface area contributed by atoms with Crippen molar-refractivity contribution in [1.29, 1.82) is 0 Å². The van der Waals surface area contributed by atoms with Gasteiger partial charge in [0.15, 0.2) is 0 Å². The summed E-state index contributed by atoms with van der Waals surface area (Å²) in [6, 6.07) is 3.24. The average molecular weight is 632 g/mol. The fourth-order valence-electron chi connectivity index (χ4n) is 6.28. The fraction of sp³-hybridized carbons (Fsp3) is 0.548. The predicted octanol–water partition coefficient (Wildman–Crippen LogP) is 7.53. The van der Waals surface area contributed by atoms with Crippen LogP contribution in [-0.4, -0.2) is 65.0 Å². The molecule has 0 spiro atoms.